The van der Waals surface area contributed by atoms with Gasteiger partial charge in [0, 0.05) is 6.54 Å². The molecule has 0 radical (unpaired) electrons. The van der Waals surface area contributed by atoms with Crippen molar-refractivity contribution < 1.29 is 9.59 Å². The van der Waals surface area contributed by atoms with E-state index in [9.17, 15) is 9.59 Å². The van der Waals surface area contributed by atoms with Gasteiger partial charge in [0.1, 0.15) is 6.04 Å². The third-order valence-corrected chi connectivity index (χ3v) is 2.58. The third-order valence-electron chi connectivity index (χ3n) is 1.90. The van der Waals surface area contributed by atoms with Gasteiger partial charge in [0.25, 0.3) is 0 Å². The monoisotopic (exact) mass is 173 g/mol. The molecule has 0 unspecified atom stereocenters. The molecule has 0 aromatic heterocycles. The molecule has 1 atom stereocenters. The summed E-state index contributed by atoms with van der Waals surface area (Å²) in [6.45, 7) is 0.737. The summed E-state index contributed by atoms with van der Waals surface area (Å²) in [6, 6.07) is -0.150. The molecular weight excluding hydrogens is 162 g/mol. The summed E-state index contributed by atoms with van der Waals surface area (Å²) in [5.41, 5.74) is 0. The lowest BCUT2D eigenvalue weighted by Gasteiger charge is -2.16. The van der Waals surface area contributed by atoms with Crippen LogP contribution in [0.15, 0.2) is 0 Å². The van der Waals surface area contributed by atoms with E-state index < -0.39 is 0 Å². The summed E-state index contributed by atoms with van der Waals surface area (Å²) in [5, 5.41) is 0.106. The van der Waals surface area contributed by atoms with Crippen molar-refractivity contribution >= 4 is 23.3 Å². The molecule has 1 aliphatic heterocycles. The molecule has 0 aromatic carbocycles. The topological polar surface area (TPSA) is 37.4 Å². The molecular formula is C7H11NO2S. The van der Waals surface area contributed by atoms with Gasteiger partial charge >= 0.3 is 0 Å². The van der Waals surface area contributed by atoms with E-state index >= 15 is 0 Å². The van der Waals surface area contributed by atoms with Crippen LogP contribution in [-0.2, 0) is 9.59 Å². The zero-order valence-electron chi connectivity index (χ0n) is 6.45. The normalized spacial score (nSPS) is 23.7. The molecule has 0 aromatic rings. The fraction of sp³-hybridized carbons (Fsp3) is 0.714. The van der Waals surface area contributed by atoms with Crippen LogP contribution in [0.5, 0.6) is 0 Å². The Morgan fingerprint density at radius 3 is 3.00 bits per heavy atom. The Balaban J connectivity index is 2.56. The number of hydrogen-bond donors (Lipinski definition) is 0. The Labute approximate surface area is 70.1 Å². The molecule has 4 heteroatoms. The number of carbonyl (C=O) groups is 2. The molecule has 1 fully saturated rings. The van der Waals surface area contributed by atoms with E-state index in [4.69, 9.17) is 0 Å². The Morgan fingerprint density at radius 2 is 2.45 bits per heavy atom. The smallest absolute Gasteiger partial charge is 0.211 e. The average Bonchev–Trinajstić information content (AvgIpc) is 2.50. The van der Waals surface area contributed by atoms with Crippen LogP contribution in [0, 0.1) is 0 Å². The summed E-state index contributed by atoms with van der Waals surface area (Å²) in [4.78, 5) is 23.1. The maximum absolute atomic E-state index is 11.1. The molecule has 11 heavy (non-hydrogen) atoms. The van der Waals surface area contributed by atoms with E-state index in [1.807, 2.05) is 0 Å². The molecule has 1 heterocycles. The first-order valence-corrected chi connectivity index (χ1v) is 4.81. The van der Waals surface area contributed by atoms with E-state index in [0.29, 0.717) is 0 Å². The Morgan fingerprint density at radius 1 is 1.73 bits per heavy atom. The van der Waals surface area contributed by atoms with Crippen molar-refractivity contribution in [2.75, 3.05) is 12.8 Å². The Kier molecular flexibility index (Phi) is 2.93. The average molecular weight is 173 g/mol. The minimum Gasteiger partial charge on any atom is -0.334 e. The first-order valence-electron chi connectivity index (χ1n) is 3.58. The van der Waals surface area contributed by atoms with Crippen molar-refractivity contribution in [3.63, 3.8) is 0 Å². The summed E-state index contributed by atoms with van der Waals surface area (Å²) in [7, 11) is 0. The predicted molar refractivity (Wildman–Crippen MR) is 44.3 cm³/mol. The van der Waals surface area contributed by atoms with Crippen LogP contribution in [0.4, 0.5) is 0 Å². The standard InChI is InChI=1S/C7H11NO2S/c1-11-7(10)6-3-2-4-8(6)5-9/h5-6H,2-4H2,1H3/t6-/m0/s1. The zero-order chi connectivity index (χ0) is 8.27. The molecule has 1 rings (SSSR count). The molecule has 0 bridgehead atoms. The van der Waals surface area contributed by atoms with Gasteiger partial charge in [-0.2, -0.15) is 0 Å². The first-order chi connectivity index (χ1) is 5.29. The van der Waals surface area contributed by atoms with Crippen LogP contribution in [0.2, 0.25) is 0 Å². The van der Waals surface area contributed by atoms with Crippen LogP contribution in [0.3, 0.4) is 0 Å². The van der Waals surface area contributed by atoms with Gasteiger partial charge in [0.15, 0.2) is 0 Å². The lowest BCUT2D eigenvalue weighted by Crippen LogP contribution is -2.33. The van der Waals surface area contributed by atoms with Crippen molar-refractivity contribution in [1.82, 2.24) is 4.90 Å². The van der Waals surface area contributed by atoms with E-state index in [0.717, 1.165) is 25.8 Å². The molecule has 0 saturated carbocycles. The minimum absolute atomic E-state index is 0.106. The second kappa shape index (κ2) is 3.76. The summed E-state index contributed by atoms with van der Waals surface area (Å²) in [6.07, 6.45) is 4.31. The number of rotatable bonds is 2. The molecule has 62 valence electrons. The Hall–Kier alpha value is -0.510. The van der Waals surface area contributed by atoms with Crippen LogP contribution in [0.1, 0.15) is 12.8 Å². The quantitative estimate of drug-likeness (QED) is 0.570. The molecule has 3 nitrogen and oxygen atoms in total. The SMILES string of the molecule is CSC(=O)[C@@H]1CCCN1C=O. The summed E-state index contributed by atoms with van der Waals surface area (Å²) >= 11 is 1.20. The van der Waals surface area contributed by atoms with Crippen molar-refractivity contribution in [2.45, 2.75) is 18.9 Å². The number of hydrogen-bond acceptors (Lipinski definition) is 3. The fourth-order valence-corrected chi connectivity index (χ4v) is 1.83. The Bertz CT molecular complexity index is 172. The molecule has 1 aliphatic rings. The summed E-state index contributed by atoms with van der Waals surface area (Å²) < 4.78 is 0. The highest BCUT2D eigenvalue weighted by Crippen LogP contribution is 2.19. The maximum atomic E-state index is 11.1. The fourth-order valence-electron chi connectivity index (χ4n) is 1.30. The van der Waals surface area contributed by atoms with Crippen LogP contribution in [0.25, 0.3) is 0 Å². The van der Waals surface area contributed by atoms with Gasteiger partial charge in [-0.15, -0.1) is 0 Å². The van der Waals surface area contributed by atoms with Gasteiger partial charge < -0.3 is 4.90 Å². The van der Waals surface area contributed by atoms with E-state index in [-0.39, 0.29) is 11.2 Å². The van der Waals surface area contributed by atoms with Gasteiger partial charge in [-0.25, -0.2) is 0 Å². The number of thioether (sulfide) groups is 1. The van der Waals surface area contributed by atoms with Crippen LogP contribution in [-0.4, -0.2) is 35.3 Å². The molecule has 1 saturated heterocycles. The number of likely N-dealkylation sites (tertiary alicyclic amines) is 1. The van der Waals surface area contributed by atoms with E-state index in [1.54, 1.807) is 11.2 Å². The van der Waals surface area contributed by atoms with Crippen LogP contribution >= 0.6 is 11.8 Å². The van der Waals surface area contributed by atoms with Crippen molar-refractivity contribution in [3.05, 3.63) is 0 Å². The first kappa shape index (κ1) is 8.59. The highest BCUT2D eigenvalue weighted by Gasteiger charge is 2.28. The van der Waals surface area contributed by atoms with Gasteiger partial charge in [0.05, 0.1) is 0 Å². The van der Waals surface area contributed by atoms with E-state index in [1.165, 1.54) is 11.8 Å². The second-order valence-corrected chi connectivity index (χ2v) is 3.34. The number of nitrogens with zero attached hydrogens (tertiary/aromatic N) is 1. The summed E-state index contributed by atoms with van der Waals surface area (Å²) in [5.74, 6) is 0. The molecule has 0 N–H and O–H groups in total. The van der Waals surface area contributed by atoms with Gasteiger partial charge in [-0.1, -0.05) is 11.8 Å². The maximum Gasteiger partial charge on any atom is 0.211 e. The van der Waals surface area contributed by atoms with Gasteiger partial charge in [-0.3, -0.25) is 9.59 Å². The van der Waals surface area contributed by atoms with Crippen molar-refractivity contribution in [2.24, 2.45) is 0 Å². The predicted octanol–water partition coefficient (Wildman–Crippen LogP) is 0.497. The highest BCUT2D eigenvalue weighted by molar-refractivity contribution is 8.13. The largest absolute Gasteiger partial charge is 0.334 e. The van der Waals surface area contributed by atoms with E-state index in [2.05, 4.69) is 0 Å². The van der Waals surface area contributed by atoms with Crippen LogP contribution < -0.4 is 0 Å². The highest BCUT2D eigenvalue weighted by atomic mass is 32.2. The molecule has 1 amide bonds. The number of carbonyl (C=O) groups excluding carboxylic acids is 2. The van der Waals surface area contributed by atoms with Gasteiger partial charge in [0.2, 0.25) is 11.5 Å². The van der Waals surface area contributed by atoms with Crippen molar-refractivity contribution in [1.29, 1.82) is 0 Å². The second-order valence-electron chi connectivity index (χ2n) is 2.52. The van der Waals surface area contributed by atoms with Crippen molar-refractivity contribution in [3.8, 4) is 0 Å². The minimum atomic E-state index is -0.150. The molecule has 0 aliphatic carbocycles. The third kappa shape index (κ3) is 1.74. The lowest BCUT2D eigenvalue weighted by atomic mass is 10.2. The number of amides is 1. The van der Waals surface area contributed by atoms with Gasteiger partial charge in [-0.05, 0) is 19.1 Å². The zero-order valence-corrected chi connectivity index (χ0v) is 7.26. The lowest BCUT2D eigenvalue weighted by molar-refractivity contribution is -0.124. The molecule has 0 spiro atoms.